The van der Waals surface area contributed by atoms with E-state index >= 15 is 0 Å². The summed E-state index contributed by atoms with van der Waals surface area (Å²) in [5.41, 5.74) is 0.788. The third-order valence-electron chi connectivity index (χ3n) is 3.93. The summed E-state index contributed by atoms with van der Waals surface area (Å²) in [6, 6.07) is 10.2. The van der Waals surface area contributed by atoms with E-state index in [-0.39, 0.29) is 17.1 Å². The maximum Gasteiger partial charge on any atom is 0.272 e. The molecule has 8 heteroatoms. The molecule has 24 heavy (non-hydrogen) atoms. The second-order valence-corrected chi connectivity index (χ2v) is 7.67. The van der Waals surface area contributed by atoms with Gasteiger partial charge in [0.15, 0.2) is 0 Å². The van der Waals surface area contributed by atoms with Gasteiger partial charge in [0.25, 0.3) is 5.91 Å². The molecule has 7 nitrogen and oxygen atoms in total. The number of H-pyrrole nitrogens is 1. The predicted molar refractivity (Wildman–Crippen MR) is 89.2 cm³/mol. The quantitative estimate of drug-likeness (QED) is 0.776. The van der Waals surface area contributed by atoms with Gasteiger partial charge in [-0.05, 0) is 31.0 Å². The zero-order chi connectivity index (χ0) is 17.2. The maximum absolute atomic E-state index is 12.6. The Kier molecular flexibility index (Phi) is 4.70. The molecule has 2 heterocycles. The number of piperidine rings is 1. The van der Waals surface area contributed by atoms with Crippen LogP contribution in [0.3, 0.4) is 0 Å². The van der Waals surface area contributed by atoms with E-state index in [1.54, 1.807) is 24.3 Å². The summed E-state index contributed by atoms with van der Waals surface area (Å²) >= 11 is 0. The van der Waals surface area contributed by atoms with Crippen molar-refractivity contribution in [2.24, 2.45) is 0 Å². The number of aromatic nitrogens is 1. The summed E-state index contributed by atoms with van der Waals surface area (Å²) in [5.74, 6) is -0.415. The van der Waals surface area contributed by atoms with E-state index in [1.807, 2.05) is 6.07 Å². The molecule has 1 saturated heterocycles. The smallest absolute Gasteiger partial charge is 0.272 e. The van der Waals surface area contributed by atoms with Crippen LogP contribution in [-0.2, 0) is 10.0 Å². The highest BCUT2D eigenvalue weighted by atomic mass is 32.2. The molecule has 3 rings (SSSR count). The van der Waals surface area contributed by atoms with Crippen LogP contribution in [0.15, 0.2) is 47.5 Å². The monoisotopic (exact) mass is 349 g/mol. The summed E-state index contributed by atoms with van der Waals surface area (Å²) < 4.78 is 26.4. The number of benzene rings is 1. The minimum Gasteiger partial charge on any atom is -0.392 e. The van der Waals surface area contributed by atoms with Crippen LogP contribution in [0.2, 0.25) is 0 Å². The first kappa shape index (κ1) is 16.7. The van der Waals surface area contributed by atoms with Crippen molar-refractivity contribution in [2.75, 3.05) is 18.4 Å². The van der Waals surface area contributed by atoms with Crippen molar-refractivity contribution >= 4 is 21.6 Å². The Morgan fingerprint density at radius 3 is 2.75 bits per heavy atom. The van der Waals surface area contributed by atoms with Crippen LogP contribution in [-0.4, -0.2) is 47.9 Å². The molecule has 1 atom stereocenters. The molecule has 0 bridgehead atoms. The molecule has 0 radical (unpaired) electrons. The molecule has 1 aromatic heterocycles. The molecule has 2 aromatic rings. The van der Waals surface area contributed by atoms with Gasteiger partial charge in [-0.15, -0.1) is 0 Å². The van der Waals surface area contributed by atoms with E-state index < -0.39 is 22.0 Å². The predicted octanol–water partition coefficient (Wildman–Crippen LogP) is 1.41. The lowest BCUT2D eigenvalue weighted by Crippen LogP contribution is -2.41. The van der Waals surface area contributed by atoms with Crippen LogP contribution in [0.5, 0.6) is 0 Å². The number of nitrogens with zero attached hydrogens (tertiary/aromatic N) is 1. The van der Waals surface area contributed by atoms with Crippen LogP contribution in [0.4, 0.5) is 5.69 Å². The van der Waals surface area contributed by atoms with E-state index in [2.05, 4.69) is 10.3 Å². The first-order valence-corrected chi connectivity index (χ1v) is 9.14. The number of carbonyl (C=O) groups excluding carboxylic acids is 1. The maximum atomic E-state index is 12.6. The number of aliphatic hydroxyl groups excluding tert-OH is 1. The number of hydrogen-bond acceptors (Lipinski definition) is 4. The molecule has 3 N–H and O–H groups in total. The van der Waals surface area contributed by atoms with Crippen molar-refractivity contribution in [2.45, 2.75) is 23.8 Å². The SMILES string of the molecule is O=C(Nc1ccccc1)c1cc(S(=O)(=O)N2CCC[C@@H](O)C2)c[nH]1. The van der Waals surface area contributed by atoms with Gasteiger partial charge in [0, 0.05) is 25.0 Å². The number of aliphatic hydroxyl groups is 1. The van der Waals surface area contributed by atoms with Gasteiger partial charge in [-0.3, -0.25) is 4.79 Å². The van der Waals surface area contributed by atoms with Crippen molar-refractivity contribution < 1.29 is 18.3 Å². The molecular weight excluding hydrogens is 330 g/mol. The largest absolute Gasteiger partial charge is 0.392 e. The number of nitrogens with one attached hydrogen (secondary N) is 2. The van der Waals surface area contributed by atoms with Crippen LogP contribution < -0.4 is 5.32 Å². The molecule has 0 saturated carbocycles. The minimum absolute atomic E-state index is 0.0230. The summed E-state index contributed by atoms with van der Waals surface area (Å²) in [6.07, 6.45) is 1.88. The Hall–Kier alpha value is -2.16. The summed E-state index contributed by atoms with van der Waals surface area (Å²) in [6.45, 7) is 0.454. The minimum atomic E-state index is -3.72. The highest BCUT2D eigenvalue weighted by Gasteiger charge is 2.30. The number of β-amino-alcohol motifs (C(OH)–C–C–N with tert-alkyl or cyclic N) is 1. The second-order valence-electron chi connectivity index (χ2n) is 5.73. The fraction of sp³-hybridized carbons (Fsp3) is 0.312. The average molecular weight is 349 g/mol. The number of amides is 1. The Labute approximate surface area is 140 Å². The standard InChI is InChI=1S/C16H19N3O4S/c20-13-7-4-8-19(11-13)24(22,23)14-9-15(17-10-14)16(21)18-12-5-2-1-3-6-12/h1-3,5-6,9-10,13,17,20H,4,7-8,11H2,(H,18,21)/t13-/m1/s1. The third kappa shape index (κ3) is 3.50. The molecule has 128 valence electrons. The molecule has 0 unspecified atom stereocenters. The number of para-hydroxylation sites is 1. The van der Waals surface area contributed by atoms with Crippen LogP contribution in [0.1, 0.15) is 23.3 Å². The van der Waals surface area contributed by atoms with Crippen LogP contribution in [0, 0.1) is 0 Å². The molecular formula is C16H19N3O4S. The molecule has 1 aliphatic rings. The normalized spacial score (nSPS) is 19.1. The first-order chi connectivity index (χ1) is 11.5. The van der Waals surface area contributed by atoms with Gasteiger partial charge < -0.3 is 15.4 Å². The Morgan fingerprint density at radius 2 is 2.04 bits per heavy atom. The van der Waals surface area contributed by atoms with Gasteiger partial charge >= 0.3 is 0 Å². The number of carbonyl (C=O) groups is 1. The lowest BCUT2D eigenvalue weighted by molar-refractivity contribution is 0.102. The highest BCUT2D eigenvalue weighted by Crippen LogP contribution is 2.21. The van der Waals surface area contributed by atoms with Crippen molar-refractivity contribution in [1.29, 1.82) is 0 Å². The number of hydrogen-bond donors (Lipinski definition) is 3. The molecule has 1 fully saturated rings. The lowest BCUT2D eigenvalue weighted by Gasteiger charge is -2.28. The van der Waals surface area contributed by atoms with Gasteiger partial charge in [0.2, 0.25) is 10.0 Å². The fourth-order valence-electron chi connectivity index (χ4n) is 2.66. The Balaban J connectivity index is 1.76. The van der Waals surface area contributed by atoms with Gasteiger partial charge in [-0.2, -0.15) is 4.31 Å². The topological polar surface area (TPSA) is 102 Å². The number of anilines is 1. The number of aromatic amines is 1. The van der Waals surface area contributed by atoms with E-state index in [9.17, 15) is 18.3 Å². The summed E-state index contributed by atoms with van der Waals surface area (Å²) in [7, 11) is -3.72. The van der Waals surface area contributed by atoms with Crippen molar-refractivity contribution in [1.82, 2.24) is 9.29 Å². The van der Waals surface area contributed by atoms with E-state index in [1.165, 1.54) is 16.6 Å². The third-order valence-corrected chi connectivity index (χ3v) is 5.77. The highest BCUT2D eigenvalue weighted by molar-refractivity contribution is 7.89. The number of rotatable bonds is 4. The zero-order valence-electron chi connectivity index (χ0n) is 13.0. The van der Waals surface area contributed by atoms with Gasteiger partial charge in [-0.25, -0.2) is 8.42 Å². The van der Waals surface area contributed by atoms with Gasteiger partial charge in [0.05, 0.1) is 6.10 Å². The zero-order valence-corrected chi connectivity index (χ0v) is 13.8. The molecule has 1 aromatic carbocycles. The fourth-order valence-corrected chi connectivity index (χ4v) is 4.17. The van der Waals surface area contributed by atoms with Gasteiger partial charge in [0.1, 0.15) is 10.6 Å². The lowest BCUT2D eigenvalue weighted by atomic mass is 10.1. The molecule has 1 aliphatic heterocycles. The van der Waals surface area contributed by atoms with Gasteiger partial charge in [-0.1, -0.05) is 18.2 Å². The summed E-state index contributed by atoms with van der Waals surface area (Å²) in [5, 5.41) is 12.4. The summed E-state index contributed by atoms with van der Waals surface area (Å²) in [4.78, 5) is 14.9. The first-order valence-electron chi connectivity index (χ1n) is 7.70. The Morgan fingerprint density at radius 1 is 1.29 bits per heavy atom. The number of sulfonamides is 1. The molecule has 0 aliphatic carbocycles. The molecule has 1 amide bonds. The van der Waals surface area contributed by atoms with Crippen LogP contribution in [0.25, 0.3) is 0 Å². The van der Waals surface area contributed by atoms with E-state index in [4.69, 9.17) is 0 Å². The van der Waals surface area contributed by atoms with Crippen molar-refractivity contribution in [3.8, 4) is 0 Å². The second kappa shape index (κ2) is 6.76. The van der Waals surface area contributed by atoms with Crippen molar-refractivity contribution in [3.05, 3.63) is 48.3 Å². The van der Waals surface area contributed by atoms with E-state index in [0.29, 0.717) is 25.1 Å². The van der Waals surface area contributed by atoms with E-state index in [0.717, 1.165) is 0 Å². The average Bonchev–Trinajstić information content (AvgIpc) is 3.07. The van der Waals surface area contributed by atoms with Crippen LogP contribution >= 0.6 is 0 Å². The Bertz CT molecular complexity index is 817. The van der Waals surface area contributed by atoms with Crippen molar-refractivity contribution in [3.63, 3.8) is 0 Å². The molecule has 0 spiro atoms.